The van der Waals surface area contributed by atoms with Crippen molar-refractivity contribution in [2.75, 3.05) is 12.3 Å². The average Bonchev–Trinajstić information content (AvgIpc) is 3.11. The van der Waals surface area contributed by atoms with Gasteiger partial charge in [-0.25, -0.2) is 14.8 Å². The van der Waals surface area contributed by atoms with E-state index in [0.29, 0.717) is 6.54 Å². The lowest BCUT2D eigenvalue weighted by Crippen LogP contribution is -2.40. The molecule has 0 spiro atoms. The van der Waals surface area contributed by atoms with Gasteiger partial charge in [-0.3, -0.25) is 10.1 Å². The second-order valence-corrected chi connectivity index (χ2v) is 7.36. The van der Waals surface area contributed by atoms with Crippen molar-refractivity contribution in [2.24, 2.45) is 0 Å². The van der Waals surface area contributed by atoms with Crippen LogP contribution in [-0.2, 0) is 17.6 Å². The first-order valence-corrected chi connectivity index (χ1v) is 9.45. The summed E-state index contributed by atoms with van der Waals surface area (Å²) < 4.78 is 0. The van der Waals surface area contributed by atoms with E-state index in [-0.39, 0.29) is 11.7 Å². The molecule has 3 rings (SSSR count). The van der Waals surface area contributed by atoms with Crippen molar-refractivity contribution in [2.45, 2.75) is 37.6 Å². The summed E-state index contributed by atoms with van der Waals surface area (Å²) in [5.41, 5.74) is 1.34. The van der Waals surface area contributed by atoms with Crippen LogP contribution >= 0.6 is 23.1 Å². The lowest BCUT2D eigenvalue weighted by atomic mass is 10.2. The van der Waals surface area contributed by atoms with E-state index in [1.54, 1.807) is 17.7 Å². The highest BCUT2D eigenvalue weighted by Gasteiger charge is 2.21. The molecule has 0 fully saturated rings. The minimum absolute atomic E-state index is 0.163. The number of urea groups is 1. The number of amides is 3. The first-order valence-electron chi connectivity index (χ1n) is 7.64. The Balaban J connectivity index is 1.66. The van der Waals surface area contributed by atoms with Crippen LogP contribution in [-0.4, -0.2) is 34.2 Å². The van der Waals surface area contributed by atoms with Gasteiger partial charge >= 0.3 is 6.03 Å². The number of thiophene rings is 1. The predicted octanol–water partition coefficient (Wildman–Crippen LogP) is 2.51. The fourth-order valence-corrected chi connectivity index (χ4v) is 4.71. The van der Waals surface area contributed by atoms with Gasteiger partial charge in [-0.15, -0.1) is 11.3 Å². The molecule has 8 heteroatoms. The van der Waals surface area contributed by atoms with Crippen LogP contribution in [0.2, 0.25) is 0 Å². The van der Waals surface area contributed by atoms with Gasteiger partial charge in [0.25, 0.3) is 0 Å². The van der Waals surface area contributed by atoms with Gasteiger partial charge in [0.15, 0.2) is 0 Å². The first-order chi connectivity index (χ1) is 11.2. The van der Waals surface area contributed by atoms with Gasteiger partial charge in [0, 0.05) is 16.8 Å². The molecule has 6 nitrogen and oxygen atoms in total. The van der Waals surface area contributed by atoms with Crippen LogP contribution in [0.1, 0.15) is 30.2 Å². The van der Waals surface area contributed by atoms with Crippen molar-refractivity contribution in [3.05, 3.63) is 16.8 Å². The number of nitrogens with one attached hydrogen (secondary N) is 2. The van der Waals surface area contributed by atoms with Crippen molar-refractivity contribution in [1.29, 1.82) is 0 Å². The van der Waals surface area contributed by atoms with Crippen molar-refractivity contribution in [1.82, 2.24) is 20.6 Å². The minimum atomic E-state index is -0.443. The molecular weight excluding hydrogens is 332 g/mol. The Morgan fingerprint density at radius 1 is 1.35 bits per heavy atom. The molecule has 23 heavy (non-hydrogen) atoms. The highest BCUT2D eigenvalue weighted by molar-refractivity contribution is 8.00. The zero-order chi connectivity index (χ0) is 16.2. The third-order valence-corrected chi connectivity index (χ3v) is 5.78. The number of nitrogens with zero attached hydrogens (tertiary/aromatic N) is 2. The molecule has 2 heterocycles. The maximum atomic E-state index is 11.9. The van der Waals surface area contributed by atoms with Gasteiger partial charge in [-0.2, -0.15) is 0 Å². The highest BCUT2D eigenvalue weighted by Crippen LogP contribution is 2.39. The van der Waals surface area contributed by atoms with E-state index < -0.39 is 6.03 Å². The standard InChI is InChI=1S/C15H18N4O2S2/c1-2-6-16-15(21)19-11(20)7-22-13-12-9-4-3-5-10(9)23-14(12)18-8-17-13/h8H,2-7H2,1H3,(H2,16,19,20,21). The normalized spacial score (nSPS) is 13.1. The van der Waals surface area contributed by atoms with E-state index in [0.717, 1.165) is 34.5 Å². The van der Waals surface area contributed by atoms with Gasteiger partial charge in [0.2, 0.25) is 5.91 Å². The molecule has 0 bridgehead atoms. The summed E-state index contributed by atoms with van der Waals surface area (Å²) in [6.07, 6.45) is 5.72. The summed E-state index contributed by atoms with van der Waals surface area (Å²) in [5, 5.41) is 6.87. The van der Waals surface area contributed by atoms with Gasteiger partial charge in [0.05, 0.1) is 5.75 Å². The van der Waals surface area contributed by atoms with Gasteiger partial charge in [-0.1, -0.05) is 18.7 Å². The Morgan fingerprint density at radius 3 is 3.04 bits per heavy atom. The number of thioether (sulfide) groups is 1. The molecule has 1 aliphatic rings. The molecule has 0 saturated carbocycles. The lowest BCUT2D eigenvalue weighted by Gasteiger charge is -2.06. The van der Waals surface area contributed by atoms with Crippen LogP contribution in [0.3, 0.4) is 0 Å². The SMILES string of the molecule is CCCNC(=O)NC(=O)CSc1ncnc2sc3c(c12)CCC3. The van der Waals surface area contributed by atoms with Crippen LogP contribution in [0.4, 0.5) is 4.79 Å². The number of aryl methyl sites for hydroxylation is 2. The fraction of sp³-hybridized carbons (Fsp3) is 0.467. The van der Waals surface area contributed by atoms with Crippen molar-refractivity contribution >= 4 is 45.3 Å². The summed E-state index contributed by atoms with van der Waals surface area (Å²) in [6.45, 7) is 2.51. The van der Waals surface area contributed by atoms with Crippen LogP contribution in [0.15, 0.2) is 11.4 Å². The Kier molecular flexibility index (Phi) is 5.12. The Labute approximate surface area is 142 Å². The molecule has 0 radical (unpaired) electrons. The molecule has 2 aromatic rings. The van der Waals surface area contributed by atoms with Crippen LogP contribution < -0.4 is 10.6 Å². The summed E-state index contributed by atoms with van der Waals surface area (Å²) in [7, 11) is 0. The average molecular weight is 350 g/mol. The number of hydrogen-bond acceptors (Lipinski definition) is 6. The second kappa shape index (κ2) is 7.27. The molecule has 3 amide bonds. The molecule has 0 aromatic carbocycles. The molecule has 0 saturated heterocycles. The number of imide groups is 1. The van der Waals surface area contributed by atoms with Crippen molar-refractivity contribution < 1.29 is 9.59 Å². The van der Waals surface area contributed by atoms with Crippen LogP contribution in [0.25, 0.3) is 10.2 Å². The minimum Gasteiger partial charge on any atom is -0.338 e. The third-order valence-electron chi connectivity index (χ3n) is 3.60. The monoisotopic (exact) mass is 350 g/mol. The Bertz CT molecular complexity index is 744. The van der Waals surface area contributed by atoms with E-state index >= 15 is 0 Å². The number of fused-ring (bicyclic) bond motifs is 3. The first kappa shape index (κ1) is 16.2. The second-order valence-electron chi connectivity index (χ2n) is 5.31. The summed E-state index contributed by atoms with van der Waals surface area (Å²) in [5.74, 6) is -0.154. The molecule has 2 aromatic heterocycles. The number of aromatic nitrogens is 2. The Morgan fingerprint density at radius 2 is 2.22 bits per heavy atom. The van der Waals surface area contributed by atoms with Gasteiger partial charge in [0.1, 0.15) is 16.2 Å². The van der Waals surface area contributed by atoms with Gasteiger partial charge in [-0.05, 0) is 31.2 Å². The van der Waals surface area contributed by atoms with E-state index in [2.05, 4.69) is 20.6 Å². The summed E-state index contributed by atoms with van der Waals surface area (Å²) >= 11 is 3.08. The largest absolute Gasteiger partial charge is 0.338 e. The molecule has 0 atom stereocenters. The molecular formula is C15H18N4O2S2. The Hall–Kier alpha value is -1.67. The van der Waals surface area contributed by atoms with Crippen molar-refractivity contribution in [3.8, 4) is 0 Å². The third kappa shape index (κ3) is 3.64. The molecule has 0 aliphatic heterocycles. The number of carbonyl (C=O) groups excluding carboxylic acids is 2. The lowest BCUT2D eigenvalue weighted by molar-refractivity contribution is -0.117. The summed E-state index contributed by atoms with van der Waals surface area (Å²) in [4.78, 5) is 34.4. The zero-order valence-electron chi connectivity index (χ0n) is 12.8. The van der Waals surface area contributed by atoms with E-state index in [4.69, 9.17) is 0 Å². The fourth-order valence-electron chi connectivity index (χ4n) is 2.59. The van der Waals surface area contributed by atoms with Gasteiger partial charge < -0.3 is 5.32 Å². The maximum Gasteiger partial charge on any atom is 0.321 e. The molecule has 0 unspecified atom stereocenters. The number of hydrogen-bond donors (Lipinski definition) is 2. The van der Waals surface area contributed by atoms with Crippen LogP contribution in [0.5, 0.6) is 0 Å². The summed E-state index contributed by atoms with van der Waals surface area (Å²) in [6, 6.07) is -0.443. The maximum absolute atomic E-state index is 11.9. The molecule has 1 aliphatic carbocycles. The van der Waals surface area contributed by atoms with E-state index in [9.17, 15) is 9.59 Å². The quantitative estimate of drug-likeness (QED) is 0.639. The highest BCUT2D eigenvalue weighted by atomic mass is 32.2. The topological polar surface area (TPSA) is 84.0 Å². The number of rotatable bonds is 5. The van der Waals surface area contributed by atoms with E-state index in [1.807, 2.05) is 6.92 Å². The van der Waals surface area contributed by atoms with Crippen molar-refractivity contribution in [3.63, 3.8) is 0 Å². The molecule has 2 N–H and O–H groups in total. The van der Waals surface area contributed by atoms with E-state index in [1.165, 1.54) is 28.6 Å². The molecule has 122 valence electrons. The predicted molar refractivity (Wildman–Crippen MR) is 92.0 cm³/mol. The smallest absolute Gasteiger partial charge is 0.321 e. The zero-order valence-corrected chi connectivity index (χ0v) is 14.5. The van der Waals surface area contributed by atoms with Crippen LogP contribution in [0, 0.1) is 0 Å². The number of carbonyl (C=O) groups is 2.